The van der Waals surface area contributed by atoms with Gasteiger partial charge in [0.1, 0.15) is 0 Å². The minimum Gasteiger partial charge on any atom is -0.461 e. The summed E-state index contributed by atoms with van der Waals surface area (Å²) in [6, 6.07) is 3.38. The van der Waals surface area contributed by atoms with E-state index in [2.05, 4.69) is 4.98 Å². The van der Waals surface area contributed by atoms with Gasteiger partial charge in [-0.25, -0.2) is 9.78 Å². The summed E-state index contributed by atoms with van der Waals surface area (Å²) in [6.07, 6.45) is 0. The Morgan fingerprint density at radius 3 is 2.92 bits per heavy atom. The van der Waals surface area contributed by atoms with E-state index in [4.69, 9.17) is 16.3 Å². The molecule has 0 aliphatic carbocycles. The quantitative estimate of drug-likeness (QED) is 0.686. The molecule has 0 saturated carbocycles. The van der Waals surface area contributed by atoms with Crippen LogP contribution in [0.4, 0.5) is 0 Å². The fraction of sp³-hybridized carbons (Fsp3) is 0.333. The van der Waals surface area contributed by atoms with Crippen LogP contribution in [0.3, 0.4) is 0 Å². The molecule has 4 heteroatoms. The predicted molar refractivity (Wildman–Crippen MR) is 49.9 cm³/mol. The van der Waals surface area contributed by atoms with Gasteiger partial charge >= 0.3 is 5.97 Å². The molecule has 0 unspecified atom stereocenters. The van der Waals surface area contributed by atoms with Crippen molar-refractivity contribution < 1.29 is 9.53 Å². The number of pyridine rings is 1. The highest BCUT2D eigenvalue weighted by molar-refractivity contribution is 6.33. The number of esters is 1. The first kappa shape index (κ1) is 9.99. The van der Waals surface area contributed by atoms with Crippen molar-refractivity contribution in [1.29, 1.82) is 0 Å². The van der Waals surface area contributed by atoms with Gasteiger partial charge in [-0.15, -0.1) is 0 Å². The van der Waals surface area contributed by atoms with Crippen LogP contribution >= 0.6 is 11.6 Å². The normalized spacial score (nSPS) is 9.77. The van der Waals surface area contributed by atoms with Gasteiger partial charge in [0.05, 0.1) is 11.6 Å². The molecule has 1 heterocycles. The average Bonchev–Trinajstić information content (AvgIpc) is 2.09. The third-order valence-corrected chi connectivity index (χ3v) is 1.76. The summed E-state index contributed by atoms with van der Waals surface area (Å²) in [7, 11) is 0. The van der Waals surface area contributed by atoms with Gasteiger partial charge in [0.25, 0.3) is 0 Å². The predicted octanol–water partition coefficient (Wildman–Crippen LogP) is 2.22. The lowest BCUT2D eigenvalue weighted by atomic mass is 10.3. The van der Waals surface area contributed by atoms with Crippen LogP contribution < -0.4 is 0 Å². The van der Waals surface area contributed by atoms with Crippen LogP contribution in [-0.4, -0.2) is 17.6 Å². The van der Waals surface area contributed by atoms with Crippen LogP contribution in [0.2, 0.25) is 5.02 Å². The van der Waals surface area contributed by atoms with Crippen LogP contribution in [0.25, 0.3) is 0 Å². The Balaban J connectivity index is 2.99. The molecule has 70 valence electrons. The lowest BCUT2D eigenvalue weighted by Crippen LogP contribution is -2.08. The van der Waals surface area contributed by atoms with Gasteiger partial charge in [-0.3, -0.25) is 0 Å². The molecule has 0 atom stereocenters. The first-order chi connectivity index (χ1) is 6.15. The molecule has 0 radical (unpaired) electrons. The molecule has 0 amide bonds. The maximum absolute atomic E-state index is 11.2. The summed E-state index contributed by atoms with van der Waals surface area (Å²) in [5.74, 6) is -0.476. The third kappa shape index (κ3) is 2.42. The molecule has 0 bridgehead atoms. The summed E-state index contributed by atoms with van der Waals surface area (Å²) in [6.45, 7) is 3.85. The number of rotatable bonds is 2. The number of aromatic nitrogens is 1. The summed E-state index contributed by atoms with van der Waals surface area (Å²) in [4.78, 5) is 15.2. The molecule has 0 aromatic carbocycles. The molecule has 1 aromatic rings. The average molecular weight is 200 g/mol. The maximum Gasteiger partial charge on any atom is 0.358 e. The van der Waals surface area contributed by atoms with E-state index in [1.54, 1.807) is 26.0 Å². The summed E-state index contributed by atoms with van der Waals surface area (Å²) < 4.78 is 4.78. The van der Waals surface area contributed by atoms with Crippen molar-refractivity contribution in [2.24, 2.45) is 0 Å². The Labute approximate surface area is 81.7 Å². The van der Waals surface area contributed by atoms with Crippen molar-refractivity contribution in [3.8, 4) is 0 Å². The number of ether oxygens (including phenoxy) is 1. The van der Waals surface area contributed by atoms with Gasteiger partial charge in [-0.2, -0.15) is 0 Å². The van der Waals surface area contributed by atoms with Gasteiger partial charge in [0.15, 0.2) is 5.69 Å². The molecule has 0 N–H and O–H groups in total. The van der Waals surface area contributed by atoms with Crippen LogP contribution in [0.1, 0.15) is 23.1 Å². The molecule has 0 spiro atoms. The lowest BCUT2D eigenvalue weighted by Gasteiger charge is -2.03. The Morgan fingerprint density at radius 2 is 2.31 bits per heavy atom. The number of nitrogens with zero attached hydrogens (tertiary/aromatic N) is 1. The van der Waals surface area contributed by atoms with Crippen molar-refractivity contribution in [3.05, 3.63) is 28.5 Å². The molecule has 1 aromatic heterocycles. The highest BCUT2D eigenvalue weighted by atomic mass is 35.5. The monoisotopic (exact) mass is 199 g/mol. The second kappa shape index (κ2) is 4.23. The summed E-state index contributed by atoms with van der Waals surface area (Å²) in [5.41, 5.74) is 0.927. The Morgan fingerprint density at radius 1 is 1.62 bits per heavy atom. The van der Waals surface area contributed by atoms with Gasteiger partial charge in [-0.1, -0.05) is 11.6 Å². The van der Waals surface area contributed by atoms with Crippen LogP contribution in [-0.2, 0) is 4.74 Å². The molecule has 1 rings (SSSR count). The number of hydrogen-bond acceptors (Lipinski definition) is 3. The molecule has 3 nitrogen and oxygen atoms in total. The third-order valence-electron chi connectivity index (χ3n) is 1.45. The molecular formula is C9H10ClNO2. The van der Waals surface area contributed by atoms with E-state index in [1.807, 2.05) is 0 Å². The maximum atomic E-state index is 11.2. The summed E-state index contributed by atoms with van der Waals surface area (Å²) in [5, 5.41) is 0.323. The van der Waals surface area contributed by atoms with Crippen molar-refractivity contribution in [1.82, 2.24) is 4.98 Å². The minimum absolute atomic E-state index is 0.184. The van der Waals surface area contributed by atoms with Crippen LogP contribution in [0, 0.1) is 6.92 Å². The van der Waals surface area contributed by atoms with Gasteiger partial charge in [0.2, 0.25) is 0 Å². The zero-order valence-electron chi connectivity index (χ0n) is 7.50. The van der Waals surface area contributed by atoms with Crippen LogP contribution in [0.15, 0.2) is 12.1 Å². The SMILES string of the molecule is CCOC(=O)c1nc(C)ccc1Cl. The van der Waals surface area contributed by atoms with Gasteiger partial charge < -0.3 is 4.74 Å². The second-order valence-corrected chi connectivity index (χ2v) is 2.91. The number of aryl methyl sites for hydroxylation is 1. The summed E-state index contributed by atoms with van der Waals surface area (Å²) >= 11 is 5.76. The second-order valence-electron chi connectivity index (χ2n) is 2.50. The Hall–Kier alpha value is -1.09. The highest BCUT2D eigenvalue weighted by Crippen LogP contribution is 2.14. The highest BCUT2D eigenvalue weighted by Gasteiger charge is 2.12. The number of carbonyl (C=O) groups is 1. The number of hydrogen-bond donors (Lipinski definition) is 0. The first-order valence-corrected chi connectivity index (χ1v) is 4.33. The minimum atomic E-state index is -0.476. The fourth-order valence-corrected chi connectivity index (χ4v) is 1.06. The van der Waals surface area contributed by atoms with E-state index < -0.39 is 5.97 Å². The smallest absolute Gasteiger partial charge is 0.358 e. The Bertz CT molecular complexity index is 325. The largest absolute Gasteiger partial charge is 0.461 e. The van der Waals surface area contributed by atoms with Crippen molar-refractivity contribution in [2.45, 2.75) is 13.8 Å². The van der Waals surface area contributed by atoms with Gasteiger partial charge in [-0.05, 0) is 26.0 Å². The number of carbonyl (C=O) groups excluding carboxylic acids is 1. The van der Waals surface area contributed by atoms with Crippen LogP contribution in [0.5, 0.6) is 0 Å². The van der Waals surface area contributed by atoms with Gasteiger partial charge in [0, 0.05) is 5.69 Å². The van der Waals surface area contributed by atoms with E-state index in [0.717, 1.165) is 5.69 Å². The fourth-order valence-electron chi connectivity index (χ4n) is 0.882. The zero-order chi connectivity index (χ0) is 9.84. The molecule has 0 aliphatic heterocycles. The Kier molecular flexibility index (Phi) is 3.25. The molecule has 0 fully saturated rings. The molecule has 0 aliphatic rings. The topological polar surface area (TPSA) is 39.2 Å². The molecule has 0 saturated heterocycles. The zero-order valence-corrected chi connectivity index (χ0v) is 8.26. The van der Waals surface area contributed by atoms with Crippen molar-refractivity contribution in [3.63, 3.8) is 0 Å². The molecule has 13 heavy (non-hydrogen) atoms. The first-order valence-electron chi connectivity index (χ1n) is 3.95. The van der Waals surface area contributed by atoms with Crippen molar-refractivity contribution in [2.75, 3.05) is 6.61 Å². The molecular weight excluding hydrogens is 190 g/mol. The van der Waals surface area contributed by atoms with E-state index in [-0.39, 0.29) is 5.69 Å². The lowest BCUT2D eigenvalue weighted by molar-refractivity contribution is 0.0519. The number of halogens is 1. The van der Waals surface area contributed by atoms with E-state index in [1.165, 1.54) is 0 Å². The standard InChI is InChI=1S/C9H10ClNO2/c1-3-13-9(12)8-7(10)5-4-6(2)11-8/h4-5H,3H2,1-2H3. The van der Waals surface area contributed by atoms with E-state index in [0.29, 0.717) is 11.6 Å². The van der Waals surface area contributed by atoms with E-state index >= 15 is 0 Å². The van der Waals surface area contributed by atoms with Crippen molar-refractivity contribution >= 4 is 17.6 Å². The van der Waals surface area contributed by atoms with E-state index in [9.17, 15) is 4.79 Å².